The number of benzene rings is 1. The Morgan fingerprint density at radius 2 is 1.88 bits per heavy atom. The monoisotopic (exact) mass is 378 g/mol. The number of sulfonamides is 1. The molecule has 5 nitrogen and oxygen atoms in total. The number of hydrogen-bond donors (Lipinski definition) is 1. The molecule has 134 valence electrons. The molecule has 2 aromatic rings. The van der Waals surface area contributed by atoms with Gasteiger partial charge in [0.1, 0.15) is 9.77 Å². The summed E-state index contributed by atoms with van der Waals surface area (Å²) in [5.74, 6) is -0.344. The predicted octanol–water partition coefficient (Wildman–Crippen LogP) is 3.33. The van der Waals surface area contributed by atoms with Gasteiger partial charge in [0.15, 0.2) is 0 Å². The van der Waals surface area contributed by atoms with E-state index in [2.05, 4.69) is 5.32 Å². The molecule has 1 amide bonds. The van der Waals surface area contributed by atoms with Crippen LogP contribution in [0.1, 0.15) is 46.6 Å². The van der Waals surface area contributed by atoms with Crippen molar-refractivity contribution >= 4 is 27.3 Å². The molecule has 1 aromatic heterocycles. The van der Waals surface area contributed by atoms with E-state index >= 15 is 0 Å². The smallest absolute Gasteiger partial charge is 0.263 e. The average Bonchev–Trinajstić information content (AvgIpc) is 3.27. The van der Waals surface area contributed by atoms with E-state index in [0.29, 0.717) is 13.1 Å². The number of aryl methyl sites for hydroxylation is 1. The highest BCUT2D eigenvalue weighted by molar-refractivity contribution is 7.89. The van der Waals surface area contributed by atoms with E-state index in [1.165, 1.54) is 21.7 Å². The molecule has 7 heteroatoms. The first kappa shape index (κ1) is 18.1. The second kappa shape index (κ2) is 7.27. The third kappa shape index (κ3) is 3.63. The molecule has 1 unspecified atom stereocenters. The lowest BCUT2D eigenvalue weighted by atomic mass is 10.0. The molecule has 1 aliphatic rings. The van der Waals surface area contributed by atoms with Crippen LogP contribution in [-0.4, -0.2) is 31.7 Å². The van der Waals surface area contributed by atoms with E-state index in [-0.39, 0.29) is 21.7 Å². The summed E-state index contributed by atoms with van der Waals surface area (Å²) in [6, 6.07) is 9.18. The summed E-state index contributed by atoms with van der Waals surface area (Å²) in [6.45, 7) is 4.95. The quantitative estimate of drug-likeness (QED) is 0.868. The predicted molar refractivity (Wildman–Crippen MR) is 99.4 cm³/mol. The van der Waals surface area contributed by atoms with Crippen LogP contribution in [0.2, 0.25) is 0 Å². The molecule has 1 atom stereocenters. The largest absolute Gasteiger partial charge is 0.345 e. The minimum absolute atomic E-state index is 0.119. The van der Waals surface area contributed by atoms with Gasteiger partial charge in [-0.25, -0.2) is 8.42 Å². The highest BCUT2D eigenvalue weighted by atomic mass is 32.2. The van der Waals surface area contributed by atoms with Crippen molar-refractivity contribution in [2.75, 3.05) is 13.1 Å². The van der Waals surface area contributed by atoms with Gasteiger partial charge in [-0.1, -0.05) is 24.3 Å². The minimum atomic E-state index is -3.60. The molecule has 3 rings (SSSR count). The maximum absolute atomic E-state index is 12.8. The van der Waals surface area contributed by atoms with Crippen LogP contribution in [0.3, 0.4) is 0 Å². The molecule has 2 heterocycles. The van der Waals surface area contributed by atoms with Gasteiger partial charge in [-0.2, -0.15) is 4.31 Å². The topological polar surface area (TPSA) is 66.5 Å². The lowest BCUT2D eigenvalue weighted by Crippen LogP contribution is -2.31. The van der Waals surface area contributed by atoms with Crippen molar-refractivity contribution < 1.29 is 13.2 Å². The van der Waals surface area contributed by atoms with E-state index < -0.39 is 10.0 Å². The Labute approximate surface area is 152 Å². The van der Waals surface area contributed by atoms with E-state index in [9.17, 15) is 13.2 Å². The molecule has 0 aliphatic carbocycles. The van der Waals surface area contributed by atoms with Crippen LogP contribution in [0.4, 0.5) is 0 Å². The van der Waals surface area contributed by atoms with Gasteiger partial charge in [0.05, 0.1) is 6.04 Å². The third-order valence-electron chi connectivity index (χ3n) is 4.52. The van der Waals surface area contributed by atoms with Crippen LogP contribution in [-0.2, 0) is 10.0 Å². The van der Waals surface area contributed by atoms with Crippen molar-refractivity contribution in [2.45, 2.75) is 37.6 Å². The van der Waals surface area contributed by atoms with Crippen LogP contribution < -0.4 is 5.32 Å². The second-order valence-corrected chi connectivity index (χ2v) is 9.10. The van der Waals surface area contributed by atoms with Gasteiger partial charge in [0.25, 0.3) is 5.91 Å². The second-order valence-electron chi connectivity index (χ2n) is 6.28. The van der Waals surface area contributed by atoms with Crippen molar-refractivity contribution in [1.29, 1.82) is 0 Å². The van der Waals surface area contributed by atoms with Crippen molar-refractivity contribution in [3.63, 3.8) is 0 Å². The molecular weight excluding hydrogens is 356 g/mol. The Bertz CT molecular complexity index is 868. The molecule has 1 N–H and O–H groups in total. The van der Waals surface area contributed by atoms with Crippen molar-refractivity contribution in [2.24, 2.45) is 0 Å². The Kier molecular flexibility index (Phi) is 5.27. The maximum atomic E-state index is 12.8. The van der Waals surface area contributed by atoms with E-state index in [4.69, 9.17) is 0 Å². The molecule has 1 aliphatic heterocycles. The number of rotatable bonds is 5. The fraction of sp³-hybridized carbons (Fsp3) is 0.389. The highest BCUT2D eigenvalue weighted by Gasteiger charge is 2.32. The summed E-state index contributed by atoms with van der Waals surface area (Å²) in [5, 5.41) is 4.59. The molecule has 1 fully saturated rings. The fourth-order valence-electron chi connectivity index (χ4n) is 3.15. The molecule has 25 heavy (non-hydrogen) atoms. The molecular formula is C18H22N2O3S2. The Balaban J connectivity index is 1.82. The summed E-state index contributed by atoms with van der Waals surface area (Å²) in [5.41, 5.74) is 2.11. The summed E-state index contributed by atoms with van der Waals surface area (Å²) in [6.07, 6.45) is 1.74. The molecule has 0 bridgehead atoms. The van der Waals surface area contributed by atoms with Crippen molar-refractivity contribution in [3.05, 3.63) is 51.7 Å². The van der Waals surface area contributed by atoms with Gasteiger partial charge in [-0.05, 0) is 49.3 Å². The highest BCUT2D eigenvalue weighted by Crippen LogP contribution is 2.28. The van der Waals surface area contributed by atoms with Crippen molar-refractivity contribution in [3.8, 4) is 0 Å². The summed E-state index contributed by atoms with van der Waals surface area (Å²) < 4.78 is 27.0. The zero-order chi connectivity index (χ0) is 18.0. The summed E-state index contributed by atoms with van der Waals surface area (Å²) in [4.78, 5) is 13.1. The first-order chi connectivity index (χ1) is 11.9. The van der Waals surface area contributed by atoms with Gasteiger partial charge >= 0.3 is 0 Å². The van der Waals surface area contributed by atoms with Crippen molar-refractivity contribution in [1.82, 2.24) is 9.62 Å². The number of amides is 1. The number of hydrogen-bond acceptors (Lipinski definition) is 4. The van der Waals surface area contributed by atoms with Gasteiger partial charge in [-0.15, -0.1) is 11.3 Å². The van der Waals surface area contributed by atoms with Crippen LogP contribution in [0.25, 0.3) is 0 Å². The molecule has 1 saturated heterocycles. The van der Waals surface area contributed by atoms with Crippen LogP contribution in [0, 0.1) is 6.92 Å². The van der Waals surface area contributed by atoms with E-state index in [1.54, 1.807) is 5.38 Å². The van der Waals surface area contributed by atoms with E-state index in [1.807, 2.05) is 38.1 Å². The lowest BCUT2D eigenvalue weighted by Gasteiger charge is -2.18. The summed E-state index contributed by atoms with van der Waals surface area (Å²) in [7, 11) is -3.60. The number of nitrogens with one attached hydrogen (secondary N) is 1. The third-order valence-corrected chi connectivity index (χ3v) is 7.50. The number of nitrogens with zero attached hydrogens (tertiary/aromatic N) is 1. The lowest BCUT2D eigenvalue weighted by molar-refractivity contribution is 0.0941. The molecule has 0 saturated carbocycles. The zero-order valence-corrected chi connectivity index (χ0v) is 16.0. The number of carbonyl (C=O) groups excluding carboxylic acids is 1. The Morgan fingerprint density at radius 3 is 2.56 bits per heavy atom. The van der Waals surface area contributed by atoms with Gasteiger partial charge < -0.3 is 5.32 Å². The van der Waals surface area contributed by atoms with Gasteiger partial charge in [-0.3, -0.25) is 4.79 Å². The van der Waals surface area contributed by atoms with Gasteiger partial charge in [0, 0.05) is 13.1 Å². The molecule has 1 aromatic carbocycles. The van der Waals surface area contributed by atoms with E-state index in [0.717, 1.165) is 24.0 Å². The average molecular weight is 379 g/mol. The Hall–Kier alpha value is -1.70. The Morgan fingerprint density at radius 1 is 1.20 bits per heavy atom. The SMILES string of the molecule is Cc1ccccc1C(C)NC(=O)c1sccc1S(=O)(=O)N1CCCC1. The minimum Gasteiger partial charge on any atom is -0.345 e. The molecule has 0 spiro atoms. The van der Waals surface area contributed by atoms with Crippen LogP contribution in [0.5, 0.6) is 0 Å². The standard InChI is InChI=1S/C18H22N2O3S2/c1-13-7-3-4-8-15(13)14(2)19-18(21)17-16(9-12-24-17)25(22,23)20-10-5-6-11-20/h3-4,7-9,12,14H,5-6,10-11H2,1-2H3,(H,19,21). The first-order valence-corrected chi connectivity index (χ1v) is 10.7. The number of carbonyl (C=O) groups is 1. The summed E-state index contributed by atoms with van der Waals surface area (Å²) >= 11 is 1.17. The first-order valence-electron chi connectivity index (χ1n) is 8.35. The van der Waals surface area contributed by atoms with Crippen LogP contribution >= 0.6 is 11.3 Å². The normalized spacial score (nSPS) is 16.7. The molecule has 0 radical (unpaired) electrons. The van der Waals surface area contributed by atoms with Crippen LogP contribution in [0.15, 0.2) is 40.6 Å². The fourth-order valence-corrected chi connectivity index (χ4v) is 5.97. The maximum Gasteiger partial charge on any atom is 0.263 e. The zero-order valence-electron chi connectivity index (χ0n) is 14.4. The van der Waals surface area contributed by atoms with Gasteiger partial charge in [0.2, 0.25) is 10.0 Å². The number of thiophene rings is 1.